The summed E-state index contributed by atoms with van der Waals surface area (Å²) in [4.78, 5) is 5.46. The van der Waals surface area contributed by atoms with Crippen LogP contribution in [0.15, 0.2) is 12.4 Å². The molecule has 0 bridgehead atoms. The van der Waals surface area contributed by atoms with E-state index in [0.29, 0.717) is 6.17 Å². The van der Waals surface area contributed by atoms with E-state index in [1.54, 1.807) is 0 Å². The van der Waals surface area contributed by atoms with Gasteiger partial charge in [-0.15, -0.1) is 0 Å². The molecule has 1 unspecified atom stereocenters. The number of nitrogens with zero attached hydrogens (tertiary/aromatic N) is 2. The minimum absolute atomic E-state index is 0.637. The molecular formula is C46H92N2. The Kier molecular flexibility index (Phi) is 35.5. The van der Waals surface area contributed by atoms with E-state index >= 15 is 0 Å². The molecule has 0 radical (unpaired) electrons. The lowest BCUT2D eigenvalue weighted by Gasteiger charge is -2.33. The Labute approximate surface area is 305 Å². The lowest BCUT2D eigenvalue weighted by molar-refractivity contribution is 0.135. The van der Waals surface area contributed by atoms with Crippen LogP contribution in [0.3, 0.4) is 0 Å². The second kappa shape index (κ2) is 37.6. The van der Waals surface area contributed by atoms with Crippen LogP contribution >= 0.6 is 0 Å². The van der Waals surface area contributed by atoms with E-state index in [1.807, 2.05) is 0 Å². The SMILES string of the molecule is CCCCCCCCCCCCCCCCCC1N(CCCCCCCCCCCC)C=CN1CCCCCCCCCCCCCC. The molecule has 0 aromatic rings. The van der Waals surface area contributed by atoms with E-state index in [-0.39, 0.29) is 0 Å². The highest BCUT2D eigenvalue weighted by atomic mass is 15.4. The van der Waals surface area contributed by atoms with Crippen LogP contribution in [-0.4, -0.2) is 29.1 Å². The standard InChI is InChI=1S/C46H92N2/c1-4-7-10-13-16-19-22-24-25-26-27-29-32-35-38-41-46-47(42-39-36-33-30-21-18-15-12-9-6-3)44-45-48(46)43-40-37-34-31-28-23-20-17-14-11-8-5-2/h44-46H,4-43H2,1-3H3. The van der Waals surface area contributed by atoms with Crippen molar-refractivity contribution >= 4 is 0 Å². The van der Waals surface area contributed by atoms with Gasteiger partial charge in [-0.2, -0.15) is 0 Å². The summed E-state index contributed by atoms with van der Waals surface area (Å²) in [6.45, 7) is 9.49. The highest BCUT2D eigenvalue weighted by Crippen LogP contribution is 2.24. The van der Waals surface area contributed by atoms with Crippen LogP contribution < -0.4 is 0 Å². The third kappa shape index (κ3) is 29.1. The van der Waals surface area contributed by atoms with Crippen molar-refractivity contribution in [2.24, 2.45) is 0 Å². The maximum atomic E-state index is 2.73. The summed E-state index contributed by atoms with van der Waals surface area (Å²) >= 11 is 0. The Morgan fingerprint density at radius 1 is 0.271 bits per heavy atom. The second-order valence-electron chi connectivity index (χ2n) is 16.1. The second-order valence-corrected chi connectivity index (χ2v) is 16.1. The van der Waals surface area contributed by atoms with Gasteiger partial charge in [-0.05, 0) is 25.7 Å². The number of hydrogen-bond donors (Lipinski definition) is 0. The largest absolute Gasteiger partial charge is 0.356 e. The van der Waals surface area contributed by atoms with Gasteiger partial charge in [-0.1, -0.05) is 239 Å². The first-order chi connectivity index (χ1) is 23.8. The smallest absolute Gasteiger partial charge is 0.101 e. The van der Waals surface area contributed by atoms with E-state index in [2.05, 4.69) is 43.0 Å². The van der Waals surface area contributed by atoms with E-state index in [0.717, 1.165) is 0 Å². The van der Waals surface area contributed by atoms with Crippen LogP contribution in [0.1, 0.15) is 265 Å². The quantitative estimate of drug-likeness (QED) is 0.0598. The molecule has 1 rings (SSSR count). The molecule has 0 N–H and O–H groups in total. The fourth-order valence-corrected chi connectivity index (χ4v) is 7.95. The van der Waals surface area contributed by atoms with Gasteiger partial charge in [0, 0.05) is 25.5 Å². The van der Waals surface area contributed by atoms with Crippen molar-refractivity contribution in [3.8, 4) is 0 Å². The van der Waals surface area contributed by atoms with Gasteiger partial charge in [0.25, 0.3) is 0 Å². The van der Waals surface area contributed by atoms with Crippen molar-refractivity contribution in [3.63, 3.8) is 0 Å². The fourth-order valence-electron chi connectivity index (χ4n) is 7.95. The fraction of sp³-hybridized carbons (Fsp3) is 0.957. The predicted octanol–water partition coefficient (Wildman–Crippen LogP) is 16.3. The van der Waals surface area contributed by atoms with Crippen molar-refractivity contribution in [2.45, 2.75) is 271 Å². The molecule has 0 aromatic heterocycles. The van der Waals surface area contributed by atoms with Crippen LogP contribution in [0.2, 0.25) is 0 Å². The Bertz CT molecular complexity index is 630. The average molecular weight is 673 g/mol. The van der Waals surface area contributed by atoms with Gasteiger partial charge in [0.1, 0.15) is 6.17 Å². The maximum absolute atomic E-state index is 2.73. The molecule has 1 aliphatic rings. The summed E-state index contributed by atoms with van der Waals surface area (Å²) in [6.07, 6.45) is 60.4. The average Bonchev–Trinajstić information content (AvgIpc) is 3.48. The molecule has 0 aliphatic carbocycles. The Morgan fingerprint density at radius 2 is 0.479 bits per heavy atom. The molecule has 2 heteroatoms. The maximum Gasteiger partial charge on any atom is 0.101 e. The van der Waals surface area contributed by atoms with Crippen molar-refractivity contribution in [3.05, 3.63) is 12.4 Å². The summed E-state index contributed by atoms with van der Waals surface area (Å²) in [5.74, 6) is 0. The molecular weight excluding hydrogens is 581 g/mol. The van der Waals surface area contributed by atoms with Crippen LogP contribution in [0.4, 0.5) is 0 Å². The minimum atomic E-state index is 0.637. The molecule has 0 amide bonds. The van der Waals surface area contributed by atoms with E-state index in [4.69, 9.17) is 0 Å². The molecule has 48 heavy (non-hydrogen) atoms. The Balaban J connectivity index is 2.20. The molecule has 286 valence electrons. The predicted molar refractivity (Wildman–Crippen MR) is 219 cm³/mol. The summed E-state index contributed by atoms with van der Waals surface area (Å²) in [5, 5.41) is 0. The Hall–Kier alpha value is -0.660. The lowest BCUT2D eigenvalue weighted by atomic mass is 10.0. The molecule has 0 spiro atoms. The topological polar surface area (TPSA) is 6.48 Å². The molecule has 0 saturated carbocycles. The van der Waals surface area contributed by atoms with Crippen molar-refractivity contribution < 1.29 is 0 Å². The number of unbranched alkanes of at least 4 members (excludes halogenated alkanes) is 34. The van der Waals surface area contributed by atoms with E-state index < -0.39 is 0 Å². The van der Waals surface area contributed by atoms with E-state index in [1.165, 1.54) is 257 Å². The Morgan fingerprint density at radius 3 is 0.729 bits per heavy atom. The van der Waals surface area contributed by atoms with Crippen molar-refractivity contribution in [2.75, 3.05) is 13.1 Å². The van der Waals surface area contributed by atoms with Crippen LogP contribution in [0, 0.1) is 0 Å². The van der Waals surface area contributed by atoms with Crippen molar-refractivity contribution in [1.29, 1.82) is 0 Å². The molecule has 1 atom stereocenters. The summed E-state index contributed by atoms with van der Waals surface area (Å²) < 4.78 is 0. The first kappa shape index (κ1) is 45.4. The van der Waals surface area contributed by atoms with Crippen LogP contribution in [0.5, 0.6) is 0 Å². The normalized spacial score (nSPS) is 14.6. The molecule has 1 aliphatic heterocycles. The lowest BCUT2D eigenvalue weighted by Crippen LogP contribution is -2.39. The minimum Gasteiger partial charge on any atom is -0.356 e. The summed E-state index contributed by atoms with van der Waals surface area (Å²) in [5.41, 5.74) is 0. The third-order valence-corrected chi connectivity index (χ3v) is 11.3. The van der Waals surface area contributed by atoms with Gasteiger partial charge in [-0.25, -0.2) is 0 Å². The number of rotatable bonds is 40. The van der Waals surface area contributed by atoms with Crippen LogP contribution in [-0.2, 0) is 0 Å². The van der Waals surface area contributed by atoms with Gasteiger partial charge >= 0.3 is 0 Å². The van der Waals surface area contributed by atoms with Gasteiger partial charge < -0.3 is 9.80 Å². The molecule has 1 heterocycles. The highest BCUT2D eigenvalue weighted by molar-refractivity contribution is 4.97. The van der Waals surface area contributed by atoms with Gasteiger partial charge in [0.2, 0.25) is 0 Å². The summed E-state index contributed by atoms with van der Waals surface area (Å²) in [6, 6.07) is 0. The molecule has 0 fully saturated rings. The zero-order valence-corrected chi connectivity index (χ0v) is 33.9. The third-order valence-electron chi connectivity index (χ3n) is 11.3. The first-order valence-electron chi connectivity index (χ1n) is 23.0. The highest BCUT2D eigenvalue weighted by Gasteiger charge is 2.24. The van der Waals surface area contributed by atoms with E-state index in [9.17, 15) is 0 Å². The summed E-state index contributed by atoms with van der Waals surface area (Å²) in [7, 11) is 0. The molecule has 0 aromatic carbocycles. The van der Waals surface area contributed by atoms with Gasteiger partial charge in [-0.3, -0.25) is 0 Å². The molecule has 2 nitrogen and oxygen atoms in total. The molecule has 0 saturated heterocycles. The van der Waals surface area contributed by atoms with Crippen molar-refractivity contribution in [1.82, 2.24) is 9.80 Å². The van der Waals surface area contributed by atoms with Gasteiger partial charge in [0.15, 0.2) is 0 Å². The zero-order valence-electron chi connectivity index (χ0n) is 33.9. The first-order valence-corrected chi connectivity index (χ1v) is 23.0. The monoisotopic (exact) mass is 673 g/mol. The van der Waals surface area contributed by atoms with Gasteiger partial charge in [0.05, 0.1) is 0 Å². The van der Waals surface area contributed by atoms with Crippen LogP contribution in [0.25, 0.3) is 0 Å². The zero-order chi connectivity index (χ0) is 34.4. The number of hydrogen-bond acceptors (Lipinski definition) is 2.